The van der Waals surface area contributed by atoms with E-state index in [1.54, 1.807) is 31.2 Å². The molecular formula is C37H50ClNO7. The van der Waals surface area contributed by atoms with Crippen LogP contribution in [0.4, 0.5) is 5.69 Å². The van der Waals surface area contributed by atoms with Crippen molar-refractivity contribution in [1.82, 2.24) is 0 Å². The third-order valence-electron chi connectivity index (χ3n) is 9.80. The molecule has 2 aliphatic rings. The van der Waals surface area contributed by atoms with Crippen molar-refractivity contribution < 1.29 is 34.0 Å². The summed E-state index contributed by atoms with van der Waals surface area (Å²) in [5, 5.41) is 23.6. The van der Waals surface area contributed by atoms with Crippen LogP contribution in [0.15, 0.2) is 49.1 Å². The minimum Gasteiger partial charge on any atom is -0.487 e. The molecule has 8 nitrogen and oxygen atoms in total. The first-order chi connectivity index (χ1) is 21.9. The highest BCUT2D eigenvalue weighted by Gasteiger charge is 2.51. The van der Waals surface area contributed by atoms with Crippen LogP contribution in [0, 0.1) is 23.2 Å². The van der Waals surface area contributed by atoms with Crippen LogP contribution >= 0.6 is 11.6 Å². The van der Waals surface area contributed by atoms with Gasteiger partial charge in [0.2, 0.25) is 5.60 Å². The lowest BCUT2D eigenvalue weighted by atomic mass is 9.58. The van der Waals surface area contributed by atoms with Crippen LogP contribution in [0.1, 0.15) is 76.5 Å². The number of carbonyl (C=O) groups excluding carboxylic acids is 2. The standard InChI is InChI=1S/C37H50ClNO7/c1-7-29(34(41)46-21-24(3)4)37(43,35(42)44-6)27-13-15-33-31(20-27)39(23-36(5)17-16-30(36)32(40)8-2)18-10-9-11-25-19-28(38)14-12-26(25)22-45-33/h8,12-15,19-20,24,29-30,32,40,43H,2,7,9-11,16-18,21-23H2,1,3-6H3/t29-,30+,32+,36?,37-/m1/s1. The summed E-state index contributed by atoms with van der Waals surface area (Å²) in [6.45, 7) is 13.4. The summed E-state index contributed by atoms with van der Waals surface area (Å²) < 4.78 is 17.1. The number of fused-ring (bicyclic) bond motifs is 2. The molecule has 0 saturated heterocycles. The predicted octanol–water partition coefficient (Wildman–Crippen LogP) is 6.61. The van der Waals surface area contributed by atoms with Gasteiger partial charge in [0.05, 0.1) is 25.5 Å². The Bertz CT molecular complexity index is 1400. The number of aryl methyl sites for hydroxylation is 1. The lowest BCUT2D eigenvalue weighted by Gasteiger charge is -2.51. The van der Waals surface area contributed by atoms with Gasteiger partial charge in [-0.1, -0.05) is 57.5 Å². The Morgan fingerprint density at radius 1 is 1.22 bits per heavy atom. The molecule has 46 heavy (non-hydrogen) atoms. The maximum absolute atomic E-state index is 13.4. The molecule has 1 aliphatic heterocycles. The van der Waals surface area contributed by atoms with Crippen LogP contribution in [0.3, 0.4) is 0 Å². The fraction of sp³-hybridized carbons (Fsp3) is 0.568. The second-order valence-electron chi connectivity index (χ2n) is 13.5. The van der Waals surface area contributed by atoms with Crippen LogP contribution in [-0.2, 0) is 37.7 Å². The van der Waals surface area contributed by atoms with E-state index in [9.17, 15) is 19.8 Å². The predicted molar refractivity (Wildman–Crippen MR) is 180 cm³/mol. The molecule has 0 amide bonds. The molecule has 2 aromatic carbocycles. The minimum atomic E-state index is -2.30. The molecule has 252 valence electrons. The molecule has 0 radical (unpaired) electrons. The number of methoxy groups -OCH3 is 1. The maximum Gasteiger partial charge on any atom is 0.343 e. The molecule has 1 unspecified atom stereocenters. The van der Waals surface area contributed by atoms with E-state index in [2.05, 4.69) is 18.4 Å². The Balaban J connectivity index is 1.82. The van der Waals surface area contributed by atoms with Crippen LogP contribution in [0.5, 0.6) is 5.75 Å². The van der Waals surface area contributed by atoms with Crippen LogP contribution in [-0.4, -0.2) is 55.1 Å². The molecule has 5 atom stereocenters. The van der Waals surface area contributed by atoms with Gasteiger partial charge in [-0.2, -0.15) is 0 Å². The van der Waals surface area contributed by atoms with Crippen molar-refractivity contribution in [3.8, 4) is 5.75 Å². The first kappa shape index (κ1) is 35.8. The van der Waals surface area contributed by atoms with Gasteiger partial charge >= 0.3 is 11.9 Å². The molecule has 1 aliphatic carbocycles. The quantitative estimate of drug-likeness (QED) is 0.206. The Labute approximate surface area is 278 Å². The summed E-state index contributed by atoms with van der Waals surface area (Å²) >= 11 is 6.35. The van der Waals surface area contributed by atoms with Crippen molar-refractivity contribution in [2.45, 2.75) is 84.5 Å². The molecule has 2 N–H and O–H groups in total. The van der Waals surface area contributed by atoms with Gasteiger partial charge in [-0.25, -0.2) is 4.79 Å². The second-order valence-corrected chi connectivity index (χ2v) is 14.0. The third-order valence-corrected chi connectivity index (χ3v) is 10.0. The van der Waals surface area contributed by atoms with E-state index in [1.165, 1.54) is 7.11 Å². The summed E-state index contributed by atoms with van der Waals surface area (Å²) in [6, 6.07) is 11.0. The molecule has 0 bridgehead atoms. The molecular weight excluding hydrogens is 606 g/mol. The number of benzene rings is 2. The Kier molecular flexibility index (Phi) is 11.8. The largest absolute Gasteiger partial charge is 0.487 e. The van der Waals surface area contributed by atoms with Crippen molar-refractivity contribution in [2.24, 2.45) is 23.2 Å². The van der Waals surface area contributed by atoms with E-state index >= 15 is 0 Å². The van der Waals surface area contributed by atoms with E-state index in [1.807, 2.05) is 32.0 Å². The number of aliphatic hydroxyl groups excluding tert-OH is 1. The van der Waals surface area contributed by atoms with Crippen molar-refractivity contribution in [1.29, 1.82) is 0 Å². The smallest absolute Gasteiger partial charge is 0.343 e. The monoisotopic (exact) mass is 655 g/mol. The van der Waals surface area contributed by atoms with Crippen molar-refractivity contribution in [3.63, 3.8) is 0 Å². The highest BCUT2D eigenvalue weighted by Crippen LogP contribution is 2.50. The third kappa shape index (κ3) is 7.56. The summed E-state index contributed by atoms with van der Waals surface area (Å²) in [5.74, 6) is -2.07. The van der Waals surface area contributed by atoms with Gasteiger partial charge in [0.15, 0.2) is 0 Å². The van der Waals surface area contributed by atoms with Crippen LogP contribution in [0.2, 0.25) is 5.02 Å². The van der Waals surface area contributed by atoms with Crippen LogP contribution < -0.4 is 9.64 Å². The summed E-state index contributed by atoms with van der Waals surface area (Å²) in [5.41, 5.74) is 0.604. The van der Waals surface area contributed by atoms with E-state index in [0.717, 1.165) is 43.2 Å². The van der Waals surface area contributed by atoms with Gasteiger partial charge < -0.3 is 29.3 Å². The fourth-order valence-electron chi connectivity index (χ4n) is 6.93. The molecule has 1 saturated carbocycles. The average molecular weight is 656 g/mol. The first-order valence-corrected chi connectivity index (χ1v) is 16.8. The average Bonchev–Trinajstić information content (AvgIpc) is 3.06. The van der Waals surface area contributed by atoms with Gasteiger partial charge in [0.25, 0.3) is 0 Å². The molecule has 0 spiro atoms. The molecule has 1 heterocycles. The number of hydrogen-bond donors (Lipinski definition) is 2. The number of anilines is 1. The van der Waals surface area contributed by atoms with Crippen LogP contribution in [0.25, 0.3) is 0 Å². The number of carbonyl (C=O) groups is 2. The number of rotatable bonds is 11. The zero-order valence-corrected chi connectivity index (χ0v) is 28.6. The van der Waals surface area contributed by atoms with Crippen molar-refractivity contribution in [3.05, 3.63) is 70.8 Å². The zero-order valence-electron chi connectivity index (χ0n) is 27.9. The number of ether oxygens (including phenoxy) is 3. The lowest BCUT2D eigenvalue weighted by molar-refractivity contribution is -0.182. The number of esters is 2. The van der Waals surface area contributed by atoms with Gasteiger partial charge in [-0.05, 0) is 96.7 Å². The van der Waals surface area contributed by atoms with Gasteiger partial charge in [0.1, 0.15) is 18.3 Å². The highest BCUT2D eigenvalue weighted by molar-refractivity contribution is 6.30. The van der Waals surface area contributed by atoms with Crippen molar-refractivity contribution >= 4 is 29.2 Å². The SMILES string of the molecule is C=C[C@H](O)[C@@H]1CCC1(C)CN1CCCCc2cc(Cl)ccc2COc2ccc([C@](O)(C(=O)OC)[C@H](CC)C(=O)OCC(C)C)cc21. The van der Waals surface area contributed by atoms with Gasteiger partial charge in [-0.3, -0.25) is 4.79 Å². The Morgan fingerprint density at radius 3 is 2.61 bits per heavy atom. The Morgan fingerprint density at radius 2 is 1.98 bits per heavy atom. The maximum atomic E-state index is 13.4. The van der Waals surface area contributed by atoms with E-state index in [-0.39, 0.29) is 35.8 Å². The number of hydrogen-bond acceptors (Lipinski definition) is 8. The molecule has 4 rings (SSSR count). The van der Waals surface area contributed by atoms with Gasteiger partial charge in [0, 0.05) is 18.1 Å². The highest BCUT2D eigenvalue weighted by atomic mass is 35.5. The molecule has 0 aromatic heterocycles. The normalized spacial score (nSPS) is 22.5. The summed E-state index contributed by atoms with van der Waals surface area (Å²) in [7, 11) is 1.20. The summed E-state index contributed by atoms with van der Waals surface area (Å²) in [6.07, 6.45) is 5.60. The Hall–Kier alpha value is -3.07. The first-order valence-electron chi connectivity index (χ1n) is 16.5. The fourth-order valence-corrected chi connectivity index (χ4v) is 7.13. The summed E-state index contributed by atoms with van der Waals surface area (Å²) in [4.78, 5) is 29.0. The van der Waals surface area contributed by atoms with Gasteiger partial charge in [-0.15, -0.1) is 6.58 Å². The van der Waals surface area contributed by atoms with E-state index < -0.39 is 29.6 Å². The number of halogens is 1. The minimum absolute atomic E-state index is 0.0503. The topological polar surface area (TPSA) is 106 Å². The lowest BCUT2D eigenvalue weighted by Crippen LogP contribution is -2.51. The molecule has 1 fully saturated rings. The molecule has 2 aromatic rings. The molecule has 9 heteroatoms. The zero-order chi connectivity index (χ0) is 33.6. The van der Waals surface area contributed by atoms with E-state index in [0.29, 0.717) is 36.2 Å². The second kappa shape index (κ2) is 15.2. The van der Waals surface area contributed by atoms with E-state index in [4.69, 9.17) is 25.8 Å². The van der Waals surface area contributed by atoms with Crippen molar-refractivity contribution in [2.75, 3.05) is 31.7 Å². The number of nitrogens with zero attached hydrogens (tertiary/aromatic N) is 1. The number of aliphatic hydroxyl groups is 2.